The van der Waals surface area contributed by atoms with Gasteiger partial charge in [-0.25, -0.2) is 14.5 Å². The second-order valence-corrected chi connectivity index (χ2v) is 3.32. The number of nitrogens with two attached hydrogens (primary N) is 1. The fourth-order valence-corrected chi connectivity index (χ4v) is 1.43. The van der Waals surface area contributed by atoms with E-state index in [2.05, 4.69) is 10.2 Å². The molecule has 78 valence electrons. The van der Waals surface area contributed by atoms with E-state index in [0.717, 1.165) is 11.3 Å². The van der Waals surface area contributed by atoms with Crippen LogP contribution in [-0.2, 0) is 6.54 Å². The number of benzene rings is 1. The topological polar surface area (TPSA) is 76.7 Å². The fourth-order valence-electron chi connectivity index (χ4n) is 1.43. The van der Waals surface area contributed by atoms with Gasteiger partial charge in [0, 0.05) is 0 Å². The smallest absolute Gasteiger partial charge is 0.324 e. The van der Waals surface area contributed by atoms with Crippen LogP contribution in [0.1, 0.15) is 11.4 Å². The monoisotopic (exact) mass is 204 g/mol. The number of hydrogen-bond donors (Lipinski definition) is 2. The van der Waals surface area contributed by atoms with Crippen molar-refractivity contribution in [2.75, 3.05) is 0 Å². The third kappa shape index (κ3) is 1.69. The Morgan fingerprint density at radius 3 is 2.67 bits per heavy atom. The molecule has 0 bridgehead atoms. The van der Waals surface area contributed by atoms with Gasteiger partial charge in [0.2, 0.25) is 0 Å². The highest BCUT2D eigenvalue weighted by atomic mass is 16.1. The minimum Gasteiger partial charge on any atom is -0.324 e. The number of aryl methyl sites for hydroxylation is 1. The van der Waals surface area contributed by atoms with Gasteiger partial charge in [-0.1, -0.05) is 17.7 Å². The Morgan fingerprint density at radius 2 is 2.07 bits per heavy atom. The van der Waals surface area contributed by atoms with E-state index in [4.69, 9.17) is 5.73 Å². The summed E-state index contributed by atoms with van der Waals surface area (Å²) in [6, 6.07) is 7.61. The average Bonchev–Trinajstić information content (AvgIpc) is 2.61. The number of hydrogen-bond acceptors (Lipinski definition) is 3. The summed E-state index contributed by atoms with van der Waals surface area (Å²) in [6.45, 7) is 2.22. The predicted octanol–water partition coefficient (Wildman–Crippen LogP) is 0.328. The van der Waals surface area contributed by atoms with Crippen LogP contribution in [0, 0.1) is 6.92 Å². The molecule has 1 heterocycles. The zero-order chi connectivity index (χ0) is 10.8. The Morgan fingerprint density at radius 1 is 1.40 bits per heavy atom. The van der Waals surface area contributed by atoms with Crippen LogP contribution in [0.3, 0.4) is 0 Å². The highest BCUT2D eigenvalue weighted by Crippen LogP contribution is 2.08. The maximum Gasteiger partial charge on any atom is 0.347 e. The Balaban J connectivity index is 2.57. The lowest BCUT2D eigenvalue weighted by atomic mass is 10.2. The zero-order valence-corrected chi connectivity index (χ0v) is 8.40. The quantitative estimate of drug-likeness (QED) is 0.740. The molecular weight excluding hydrogens is 192 g/mol. The molecule has 1 aromatic carbocycles. The summed E-state index contributed by atoms with van der Waals surface area (Å²) in [4.78, 5) is 11.5. The number of aromatic amines is 1. The summed E-state index contributed by atoms with van der Waals surface area (Å²) in [5.41, 5.74) is 7.15. The SMILES string of the molecule is Cc1ccc(-n2c(CN)n[nH]c2=O)cc1. The molecule has 5 heteroatoms. The van der Waals surface area contributed by atoms with Crippen LogP contribution in [0.15, 0.2) is 29.1 Å². The summed E-state index contributed by atoms with van der Waals surface area (Å²) >= 11 is 0. The van der Waals surface area contributed by atoms with E-state index >= 15 is 0 Å². The number of aromatic nitrogens is 3. The molecule has 0 fully saturated rings. The van der Waals surface area contributed by atoms with Gasteiger partial charge < -0.3 is 5.73 Å². The molecule has 15 heavy (non-hydrogen) atoms. The highest BCUT2D eigenvalue weighted by Gasteiger charge is 2.07. The summed E-state index contributed by atoms with van der Waals surface area (Å²) in [5, 5.41) is 6.21. The standard InChI is InChI=1S/C10H12N4O/c1-7-2-4-8(5-3-7)14-9(6-11)12-13-10(14)15/h2-5H,6,11H2,1H3,(H,13,15). The van der Waals surface area contributed by atoms with Gasteiger partial charge >= 0.3 is 5.69 Å². The molecule has 0 spiro atoms. The van der Waals surface area contributed by atoms with E-state index in [9.17, 15) is 4.79 Å². The molecule has 0 amide bonds. The van der Waals surface area contributed by atoms with Crippen LogP contribution in [0.2, 0.25) is 0 Å². The predicted molar refractivity (Wildman–Crippen MR) is 56.8 cm³/mol. The molecule has 0 saturated heterocycles. The van der Waals surface area contributed by atoms with E-state index in [1.807, 2.05) is 31.2 Å². The number of nitrogens with zero attached hydrogens (tertiary/aromatic N) is 2. The Bertz CT molecular complexity index is 509. The van der Waals surface area contributed by atoms with Crippen molar-refractivity contribution in [1.29, 1.82) is 0 Å². The van der Waals surface area contributed by atoms with Crippen molar-refractivity contribution in [2.45, 2.75) is 13.5 Å². The summed E-state index contributed by atoms with van der Waals surface area (Å²) in [5.74, 6) is 0.531. The third-order valence-electron chi connectivity index (χ3n) is 2.22. The molecule has 2 rings (SSSR count). The second kappa shape index (κ2) is 3.70. The molecule has 1 aromatic heterocycles. The second-order valence-electron chi connectivity index (χ2n) is 3.32. The van der Waals surface area contributed by atoms with Crippen LogP contribution in [0.25, 0.3) is 5.69 Å². The van der Waals surface area contributed by atoms with Crippen molar-refractivity contribution in [2.24, 2.45) is 5.73 Å². The van der Waals surface area contributed by atoms with Crippen molar-refractivity contribution in [3.05, 3.63) is 46.1 Å². The molecule has 0 aliphatic heterocycles. The average molecular weight is 204 g/mol. The van der Waals surface area contributed by atoms with E-state index in [1.54, 1.807) is 0 Å². The van der Waals surface area contributed by atoms with Gasteiger partial charge in [-0.05, 0) is 19.1 Å². The van der Waals surface area contributed by atoms with Crippen LogP contribution in [0.5, 0.6) is 0 Å². The van der Waals surface area contributed by atoms with Crippen LogP contribution in [0.4, 0.5) is 0 Å². The van der Waals surface area contributed by atoms with Crippen molar-refractivity contribution in [3.8, 4) is 5.69 Å². The van der Waals surface area contributed by atoms with Crippen molar-refractivity contribution >= 4 is 0 Å². The van der Waals surface area contributed by atoms with E-state index in [0.29, 0.717) is 5.82 Å². The minimum absolute atomic E-state index is 0.229. The number of H-pyrrole nitrogens is 1. The normalized spacial score (nSPS) is 10.5. The first-order valence-corrected chi connectivity index (χ1v) is 4.66. The lowest BCUT2D eigenvalue weighted by molar-refractivity contribution is 0.851. The molecule has 0 aliphatic rings. The third-order valence-corrected chi connectivity index (χ3v) is 2.22. The summed E-state index contributed by atoms with van der Waals surface area (Å²) < 4.78 is 1.47. The molecule has 5 nitrogen and oxygen atoms in total. The largest absolute Gasteiger partial charge is 0.347 e. The van der Waals surface area contributed by atoms with Crippen molar-refractivity contribution in [1.82, 2.24) is 14.8 Å². The number of nitrogens with one attached hydrogen (secondary N) is 1. The Hall–Kier alpha value is -1.88. The lowest BCUT2D eigenvalue weighted by Crippen LogP contribution is -2.18. The lowest BCUT2D eigenvalue weighted by Gasteiger charge is -2.03. The zero-order valence-electron chi connectivity index (χ0n) is 8.40. The first-order chi connectivity index (χ1) is 7.22. The van der Waals surface area contributed by atoms with Gasteiger partial charge in [0.25, 0.3) is 0 Å². The fraction of sp³-hybridized carbons (Fsp3) is 0.200. The van der Waals surface area contributed by atoms with Crippen LogP contribution < -0.4 is 11.4 Å². The van der Waals surface area contributed by atoms with E-state index in [1.165, 1.54) is 4.57 Å². The Kier molecular flexibility index (Phi) is 2.39. The maximum atomic E-state index is 11.5. The minimum atomic E-state index is -0.265. The summed E-state index contributed by atoms with van der Waals surface area (Å²) in [7, 11) is 0. The van der Waals surface area contributed by atoms with Gasteiger partial charge in [-0.15, -0.1) is 0 Å². The van der Waals surface area contributed by atoms with Gasteiger partial charge in [0.15, 0.2) is 5.82 Å². The first-order valence-electron chi connectivity index (χ1n) is 4.66. The first kappa shape index (κ1) is 9.67. The van der Waals surface area contributed by atoms with Crippen LogP contribution >= 0.6 is 0 Å². The molecule has 0 unspecified atom stereocenters. The Labute approximate surface area is 86.5 Å². The molecule has 0 radical (unpaired) electrons. The molecule has 3 N–H and O–H groups in total. The number of rotatable bonds is 2. The van der Waals surface area contributed by atoms with E-state index in [-0.39, 0.29) is 12.2 Å². The highest BCUT2D eigenvalue weighted by molar-refractivity contribution is 5.34. The maximum absolute atomic E-state index is 11.5. The molecular formula is C10H12N4O. The van der Waals surface area contributed by atoms with E-state index < -0.39 is 0 Å². The molecule has 0 saturated carbocycles. The van der Waals surface area contributed by atoms with Gasteiger partial charge in [0.05, 0.1) is 12.2 Å². The van der Waals surface area contributed by atoms with Crippen LogP contribution in [-0.4, -0.2) is 14.8 Å². The molecule has 0 atom stereocenters. The summed E-state index contributed by atoms with van der Waals surface area (Å²) in [6.07, 6.45) is 0. The van der Waals surface area contributed by atoms with Gasteiger partial charge in [0.1, 0.15) is 0 Å². The van der Waals surface area contributed by atoms with Crippen molar-refractivity contribution in [3.63, 3.8) is 0 Å². The van der Waals surface area contributed by atoms with Gasteiger partial charge in [-0.3, -0.25) is 0 Å². The van der Waals surface area contributed by atoms with Gasteiger partial charge in [-0.2, -0.15) is 5.10 Å². The van der Waals surface area contributed by atoms with Crippen molar-refractivity contribution < 1.29 is 0 Å². The molecule has 2 aromatic rings. The molecule has 0 aliphatic carbocycles.